The molecule has 0 bridgehead atoms. The fraction of sp³-hybridized carbons (Fsp3) is 0.214. The fourth-order valence-corrected chi connectivity index (χ4v) is 1.64. The van der Waals surface area contributed by atoms with E-state index in [0.717, 1.165) is 0 Å². The zero-order valence-electron chi connectivity index (χ0n) is 10.1. The summed E-state index contributed by atoms with van der Waals surface area (Å²) in [5.74, 6) is 0.173. The summed E-state index contributed by atoms with van der Waals surface area (Å²) < 4.78 is 29.1. The lowest BCUT2D eigenvalue weighted by Gasteiger charge is -2.04. The predicted molar refractivity (Wildman–Crippen MR) is 65.9 cm³/mol. The lowest BCUT2D eigenvalue weighted by molar-refractivity contribution is 0.509. The molecule has 2 aromatic rings. The van der Waals surface area contributed by atoms with E-state index in [1.165, 1.54) is 18.3 Å². The van der Waals surface area contributed by atoms with Gasteiger partial charge in [-0.25, -0.2) is 8.78 Å². The van der Waals surface area contributed by atoms with Crippen LogP contribution in [0.4, 0.5) is 8.78 Å². The smallest absolute Gasteiger partial charge is 0.175 e. The summed E-state index contributed by atoms with van der Waals surface area (Å²) in [6.45, 7) is 3.91. The van der Waals surface area contributed by atoms with Gasteiger partial charge in [-0.15, -0.1) is 6.42 Å². The topological polar surface area (TPSA) is 17.8 Å². The van der Waals surface area contributed by atoms with Crippen LogP contribution in [0.25, 0.3) is 11.1 Å². The minimum atomic E-state index is -0.993. The molecule has 2 nitrogen and oxygen atoms in total. The molecule has 0 unspecified atom stereocenters. The summed E-state index contributed by atoms with van der Waals surface area (Å²) in [5.41, 5.74) is 0.620. The SMILES string of the molecule is C#Cc1ccc(-c2cnn(C(C)C)c2)c(F)c1F. The Labute approximate surface area is 104 Å². The van der Waals surface area contributed by atoms with E-state index in [0.29, 0.717) is 5.56 Å². The molecule has 4 heteroatoms. The minimum Gasteiger partial charge on any atom is -0.270 e. The molecule has 0 spiro atoms. The maximum absolute atomic E-state index is 13.8. The highest BCUT2D eigenvalue weighted by molar-refractivity contribution is 5.64. The molecule has 0 saturated heterocycles. The Morgan fingerprint density at radius 1 is 1.28 bits per heavy atom. The Morgan fingerprint density at radius 2 is 2.00 bits per heavy atom. The summed E-state index contributed by atoms with van der Waals surface area (Å²) >= 11 is 0. The van der Waals surface area contributed by atoms with E-state index in [-0.39, 0.29) is 17.2 Å². The molecule has 0 aliphatic carbocycles. The monoisotopic (exact) mass is 246 g/mol. The third-order valence-electron chi connectivity index (χ3n) is 2.68. The van der Waals surface area contributed by atoms with Crippen molar-refractivity contribution < 1.29 is 8.78 Å². The molecule has 0 atom stereocenters. The van der Waals surface area contributed by atoms with Crippen LogP contribution in [0.15, 0.2) is 24.5 Å². The third kappa shape index (κ3) is 2.00. The summed E-state index contributed by atoms with van der Waals surface area (Å²) in [6, 6.07) is 3.02. The molecule has 0 fully saturated rings. The van der Waals surface area contributed by atoms with Crippen molar-refractivity contribution in [1.29, 1.82) is 0 Å². The summed E-state index contributed by atoms with van der Waals surface area (Å²) in [6.07, 6.45) is 8.26. The van der Waals surface area contributed by atoms with E-state index in [1.807, 2.05) is 13.8 Å². The highest BCUT2D eigenvalue weighted by Crippen LogP contribution is 2.26. The molecular weight excluding hydrogens is 234 g/mol. The van der Waals surface area contributed by atoms with Crippen LogP contribution in [0.5, 0.6) is 0 Å². The van der Waals surface area contributed by atoms with E-state index in [9.17, 15) is 8.78 Å². The van der Waals surface area contributed by atoms with E-state index in [4.69, 9.17) is 6.42 Å². The lowest BCUT2D eigenvalue weighted by atomic mass is 10.1. The molecule has 0 radical (unpaired) electrons. The van der Waals surface area contributed by atoms with Crippen molar-refractivity contribution in [2.45, 2.75) is 19.9 Å². The molecule has 0 N–H and O–H groups in total. The maximum atomic E-state index is 13.8. The van der Waals surface area contributed by atoms with E-state index >= 15 is 0 Å². The van der Waals surface area contributed by atoms with E-state index in [2.05, 4.69) is 11.0 Å². The average Bonchev–Trinajstić information content (AvgIpc) is 2.82. The van der Waals surface area contributed by atoms with Crippen LogP contribution in [-0.2, 0) is 0 Å². The summed E-state index contributed by atoms with van der Waals surface area (Å²) in [7, 11) is 0. The van der Waals surface area contributed by atoms with Gasteiger partial charge in [0.05, 0.1) is 11.8 Å². The van der Waals surface area contributed by atoms with Crippen LogP contribution in [-0.4, -0.2) is 9.78 Å². The Kier molecular flexibility index (Phi) is 3.15. The van der Waals surface area contributed by atoms with Crippen molar-refractivity contribution in [3.05, 3.63) is 41.7 Å². The molecule has 0 saturated carbocycles. The molecule has 92 valence electrons. The van der Waals surface area contributed by atoms with E-state index < -0.39 is 11.6 Å². The lowest BCUT2D eigenvalue weighted by Crippen LogP contribution is -1.99. The van der Waals surface area contributed by atoms with Gasteiger partial charge in [-0.1, -0.05) is 5.92 Å². The molecule has 1 aromatic heterocycles. The standard InChI is InChI=1S/C14H12F2N2/c1-4-10-5-6-12(14(16)13(10)15)11-7-17-18(8-11)9(2)3/h1,5-9H,2-3H3. The van der Waals surface area contributed by atoms with E-state index in [1.54, 1.807) is 10.9 Å². The van der Waals surface area contributed by atoms with Crippen LogP contribution in [0, 0.1) is 24.0 Å². The number of aromatic nitrogens is 2. The van der Waals surface area contributed by atoms with Gasteiger partial charge >= 0.3 is 0 Å². The maximum Gasteiger partial charge on any atom is 0.175 e. The average molecular weight is 246 g/mol. The Bertz CT molecular complexity index is 621. The molecule has 0 aliphatic heterocycles. The number of hydrogen-bond donors (Lipinski definition) is 0. The quantitative estimate of drug-likeness (QED) is 0.743. The van der Waals surface area contributed by atoms with Crippen molar-refractivity contribution in [3.63, 3.8) is 0 Å². The van der Waals surface area contributed by atoms with Crippen LogP contribution >= 0.6 is 0 Å². The van der Waals surface area contributed by atoms with Gasteiger partial charge in [-0.05, 0) is 26.0 Å². The molecule has 0 aliphatic rings. The zero-order valence-corrected chi connectivity index (χ0v) is 10.1. The van der Waals surface area contributed by atoms with Crippen molar-refractivity contribution in [3.8, 4) is 23.5 Å². The van der Waals surface area contributed by atoms with Gasteiger partial charge < -0.3 is 0 Å². The van der Waals surface area contributed by atoms with Crippen LogP contribution in [0.1, 0.15) is 25.5 Å². The van der Waals surface area contributed by atoms with Gasteiger partial charge in [0.1, 0.15) is 0 Å². The first-order chi connectivity index (χ1) is 8.54. The highest BCUT2D eigenvalue weighted by Gasteiger charge is 2.15. The third-order valence-corrected chi connectivity index (χ3v) is 2.68. The van der Waals surface area contributed by atoms with Crippen LogP contribution < -0.4 is 0 Å². The second-order valence-electron chi connectivity index (χ2n) is 4.24. The minimum absolute atomic E-state index is 0.0764. The Hall–Kier alpha value is -2.15. The largest absolute Gasteiger partial charge is 0.270 e. The zero-order chi connectivity index (χ0) is 13.3. The van der Waals surface area contributed by atoms with Gasteiger partial charge in [0.15, 0.2) is 11.6 Å². The van der Waals surface area contributed by atoms with Crippen molar-refractivity contribution in [2.24, 2.45) is 0 Å². The first kappa shape index (κ1) is 12.3. The Morgan fingerprint density at radius 3 is 2.56 bits per heavy atom. The predicted octanol–water partition coefficient (Wildman–Crippen LogP) is 3.39. The van der Waals surface area contributed by atoms with Gasteiger partial charge in [0.2, 0.25) is 0 Å². The first-order valence-corrected chi connectivity index (χ1v) is 5.53. The highest BCUT2D eigenvalue weighted by atomic mass is 19.2. The van der Waals surface area contributed by atoms with Crippen molar-refractivity contribution in [2.75, 3.05) is 0 Å². The number of terminal acetylenes is 1. The van der Waals surface area contributed by atoms with Gasteiger partial charge in [0.25, 0.3) is 0 Å². The number of halogens is 2. The number of hydrogen-bond acceptors (Lipinski definition) is 1. The van der Waals surface area contributed by atoms with Crippen LogP contribution in [0.2, 0.25) is 0 Å². The van der Waals surface area contributed by atoms with Gasteiger partial charge in [0, 0.05) is 23.4 Å². The van der Waals surface area contributed by atoms with Crippen molar-refractivity contribution in [1.82, 2.24) is 9.78 Å². The Balaban J connectivity index is 2.51. The second-order valence-corrected chi connectivity index (χ2v) is 4.24. The summed E-state index contributed by atoms with van der Waals surface area (Å²) in [4.78, 5) is 0. The molecule has 2 rings (SSSR count). The fourth-order valence-electron chi connectivity index (χ4n) is 1.64. The van der Waals surface area contributed by atoms with Crippen molar-refractivity contribution >= 4 is 0 Å². The summed E-state index contributed by atoms with van der Waals surface area (Å²) in [5, 5.41) is 4.09. The molecule has 1 aromatic carbocycles. The number of rotatable bonds is 2. The molecule has 1 heterocycles. The molecular formula is C14H12F2N2. The number of benzene rings is 1. The van der Waals surface area contributed by atoms with Gasteiger partial charge in [-0.2, -0.15) is 5.10 Å². The molecule has 18 heavy (non-hydrogen) atoms. The number of nitrogens with zero attached hydrogens (tertiary/aromatic N) is 2. The van der Waals surface area contributed by atoms with Crippen LogP contribution in [0.3, 0.4) is 0 Å². The van der Waals surface area contributed by atoms with Gasteiger partial charge in [-0.3, -0.25) is 4.68 Å². The molecule has 0 amide bonds. The second kappa shape index (κ2) is 4.61. The normalized spacial score (nSPS) is 10.7. The first-order valence-electron chi connectivity index (χ1n) is 5.53.